The molecule has 0 bridgehead atoms. The van der Waals surface area contributed by atoms with Gasteiger partial charge in [-0.1, -0.05) is 24.9 Å². The number of aliphatic carboxylic acids is 1. The molecule has 0 aliphatic rings. The molecular weight excluding hydrogens is 308 g/mol. The summed E-state index contributed by atoms with van der Waals surface area (Å²) in [4.78, 5) is 15.6. The Kier molecular flexibility index (Phi) is 8.07. The lowest BCUT2D eigenvalue weighted by atomic mass is 9.95. The minimum absolute atomic E-state index is 0.624. The quantitative estimate of drug-likeness (QED) is 0.504. The predicted molar refractivity (Wildman–Crippen MR) is 88.2 cm³/mol. The van der Waals surface area contributed by atoms with Gasteiger partial charge in [0.1, 0.15) is 10.6 Å². The summed E-state index contributed by atoms with van der Waals surface area (Å²) in [5.74, 6) is 0.108. The zero-order valence-corrected chi connectivity index (χ0v) is 14.1. The number of nitrogens with zero attached hydrogens (tertiary/aromatic N) is 1. The van der Waals surface area contributed by atoms with E-state index in [1.165, 1.54) is 0 Å². The average Bonchev–Trinajstić information content (AvgIpc) is 2.46. The lowest BCUT2D eigenvalue weighted by Crippen LogP contribution is -2.49. The van der Waals surface area contributed by atoms with Crippen molar-refractivity contribution in [1.82, 2.24) is 10.3 Å². The molecule has 0 saturated heterocycles. The summed E-state index contributed by atoms with van der Waals surface area (Å²) in [6.45, 7) is 4.51. The van der Waals surface area contributed by atoms with E-state index in [4.69, 9.17) is 11.6 Å². The van der Waals surface area contributed by atoms with Gasteiger partial charge in [0.05, 0.1) is 5.02 Å². The molecule has 0 saturated carbocycles. The van der Waals surface area contributed by atoms with E-state index >= 15 is 0 Å². The highest BCUT2D eigenvalue weighted by molar-refractivity contribution is 7.99. The average molecular weight is 331 g/mol. The van der Waals surface area contributed by atoms with Gasteiger partial charge in [-0.05, 0) is 50.6 Å². The summed E-state index contributed by atoms with van der Waals surface area (Å²) in [5, 5.41) is 14.0. The van der Waals surface area contributed by atoms with E-state index < -0.39 is 11.5 Å². The Morgan fingerprint density at radius 1 is 1.52 bits per heavy atom. The highest BCUT2D eigenvalue weighted by Crippen LogP contribution is 2.25. The van der Waals surface area contributed by atoms with Crippen LogP contribution in [0.2, 0.25) is 5.02 Å². The molecule has 4 nitrogen and oxygen atoms in total. The number of carbonyl (C=O) groups is 1. The van der Waals surface area contributed by atoms with Crippen LogP contribution in [0, 0.1) is 0 Å². The first-order chi connectivity index (χ1) is 9.99. The first-order valence-electron chi connectivity index (χ1n) is 7.21. The second-order valence-electron chi connectivity index (χ2n) is 5.16. The van der Waals surface area contributed by atoms with Gasteiger partial charge in [0.15, 0.2) is 0 Å². The van der Waals surface area contributed by atoms with Crippen molar-refractivity contribution >= 4 is 29.3 Å². The molecule has 1 aromatic rings. The predicted octanol–water partition coefficient (Wildman–Crippen LogP) is 3.84. The van der Waals surface area contributed by atoms with E-state index in [1.807, 2.05) is 19.1 Å². The molecule has 1 aromatic heterocycles. The van der Waals surface area contributed by atoms with E-state index in [1.54, 1.807) is 24.9 Å². The number of aromatic nitrogens is 1. The molecule has 0 radical (unpaired) electrons. The van der Waals surface area contributed by atoms with Crippen LogP contribution in [0.25, 0.3) is 0 Å². The zero-order valence-electron chi connectivity index (χ0n) is 12.6. The summed E-state index contributed by atoms with van der Waals surface area (Å²) in [5.41, 5.74) is -0.830. The number of carboxylic acid groups (broad SMARTS) is 1. The number of hydrogen-bond acceptors (Lipinski definition) is 4. The lowest BCUT2D eigenvalue weighted by Gasteiger charge is -2.26. The summed E-state index contributed by atoms with van der Waals surface area (Å²) in [7, 11) is 0. The minimum Gasteiger partial charge on any atom is -0.480 e. The third kappa shape index (κ3) is 6.24. The van der Waals surface area contributed by atoms with Crippen molar-refractivity contribution in [3.05, 3.63) is 23.4 Å². The normalized spacial score (nSPS) is 13.9. The fraction of sp³-hybridized carbons (Fsp3) is 0.600. The molecule has 0 aliphatic carbocycles. The van der Waals surface area contributed by atoms with Crippen LogP contribution in [-0.2, 0) is 4.79 Å². The highest BCUT2D eigenvalue weighted by Gasteiger charge is 2.31. The van der Waals surface area contributed by atoms with Crippen molar-refractivity contribution in [2.24, 2.45) is 0 Å². The van der Waals surface area contributed by atoms with E-state index in [0.717, 1.165) is 36.6 Å². The molecule has 6 heteroatoms. The van der Waals surface area contributed by atoms with Crippen LogP contribution in [-0.4, -0.2) is 33.9 Å². The van der Waals surface area contributed by atoms with Gasteiger partial charge in [-0.3, -0.25) is 4.79 Å². The molecular formula is C15H23ClN2O2S. The third-order valence-electron chi connectivity index (χ3n) is 3.27. The second-order valence-corrected chi connectivity index (χ2v) is 6.65. The molecule has 0 spiro atoms. The maximum atomic E-state index is 11.4. The summed E-state index contributed by atoms with van der Waals surface area (Å²) in [6.07, 6.45) is 5.07. The van der Waals surface area contributed by atoms with Crippen LogP contribution in [0.15, 0.2) is 23.4 Å². The van der Waals surface area contributed by atoms with Crippen LogP contribution >= 0.6 is 23.4 Å². The van der Waals surface area contributed by atoms with Crippen LogP contribution in [0.3, 0.4) is 0 Å². The van der Waals surface area contributed by atoms with E-state index in [0.29, 0.717) is 11.4 Å². The van der Waals surface area contributed by atoms with Crippen molar-refractivity contribution in [2.75, 3.05) is 12.3 Å². The highest BCUT2D eigenvalue weighted by atomic mass is 35.5. The molecule has 1 atom stereocenters. The second kappa shape index (κ2) is 9.28. The number of carboxylic acids is 1. The maximum Gasteiger partial charge on any atom is 0.323 e. The van der Waals surface area contributed by atoms with Crippen LogP contribution in [0.1, 0.15) is 39.5 Å². The molecule has 0 amide bonds. The van der Waals surface area contributed by atoms with Crippen LogP contribution < -0.4 is 5.32 Å². The first-order valence-corrected chi connectivity index (χ1v) is 8.57. The molecule has 1 rings (SSSR count). The van der Waals surface area contributed by atoms with Crippen molar-refractivity contribution in [3.8, 4) is 0 Å². The SMILES string of the molecule is CCCNC(C)(CCCCSc1ncccc1Cl)C(=O)O. The fourth-order valence-corrected chi connectivity index (χ4v) is 3.07. The Labute approximate surface area is 135 Å². The molecule has 118 valence electrons. The minimum atomic E-state index is -0.830. The Balaban J connectivity index is 2.32. The van der Waals surface area contributed by atoms with Crippen molar-refractivity contribution in [1.29, 1.82) is 0 Å². The van der Waals surface area contributed by atoms with Gasteiger partial charge < -0.3 is 10.4 Å². The van der Waals surface area contributed by atoms with Gasteiger partial charge in [0.2, 0.25) is 0 Å². The van der Waals surface area contributed by atoms with Gasteiger partial charge in [0, 0.05) is 6.20 Å². The molecule has 1 heterocycles. The zero-order chi connectivity index (χ0) is 15.7. The standard InChI is InChI=1S/C15H23ClN2O2S/c1-3-9-18-15(2,14(19)20)8-4-5-11-21-13-12(16)7-6-10-17-13/h6-7,10,18H,3-5,8-9,11H2,1-2H3,(H,19,20). The van der Waals surface area contributed by atoms with E-state index in [-0.39, 0.29) is 0 Å². The van der Waals surface area contributed by atoms with Gasteiger partial charge in [-0.15, -0.1) is 11.8 Å². The summed E-state index contributed by atoms with van der Waals surface area (Å²) in [6, 6.07) is 3.64. The number of halogens is 1. The van der Waals surface area contributed by atoms with Gasteiger partial charge in [-0.25, -0.2) is 4.98 Å². The van der Waals surface area contributed by atoms with Crippen LogP contribution in [0.4, 0.5) is 0 Å². The number of rotatable bonds is 10. The van der Waals surface area contributed by atoms with E-state index in [2.05, 4.69) is 10.3 Å². The number of unbranched alkanes of at least 4 members (excludes halogenated alkanes) is 1. The first kappa shape index (κ1) is 18.3. The van der Waals surface area contributed by atoms with Crippen LogP contribution in [0.5, 0.6) is 0 Å². The van der Waals surface area contributed by atoms with Gasteiger partial charge >= 0.3 is 5.97 Å². The van der Waals surface area contributed by atoms with Crippen molar-refractivity contribution in [2.45, 2.75) is 50.1 Å². The molecule has 21 heavy (non-hydrogen) atoms. The molecule has 0 aromatic carbocycles. The topological polar surface area (TPSA) is 62.2 Å². The van der Waals surface area contributed by atoms with Crippen molar-refractivity contribution in [3.63, 3.8) is 0 Å². The lowest BCUT2D eigenvalue weighted by molar-refractivity contribution is -0.144. The summed E-state index contributed by atoms with van der Waals surface area (Å²) >= 11 is 7.65. The maximum absolute atomic E-state index is 11.4. The molecule has 0 aliphatic heterocycles. The third-order valence-corrected chi connectivity index (χ3v) is 4.78. The smallest absolute Gasteiger partial charge is 0.323 e. The molecule has 2 N–H and O–H groups in total. The Bertz CT molecular complexity index is 459. The molecule has 1 unspecified atom stereocenters. The number of pyridine rings is 1. The summed E-state index contributed by atoms with van der Waals surface area (Å²) < 4.78 is 0. The molecule has 0 fully saturated rings. The monoisotopic (exact) mass is 330 g/mol. The van der Waals surface area contributed by atoms with Gasteiger partial charge in [-0.2, -0.15) is 0 Å². The number of hydrogen-bond donors (Lipinski definition) is 2. The van der Waals surface area contributed by atoms with Crippen molar-refractivity contribution < 1.29 is 9.90 Å². The Hall–Kier alpha value is -0.780. The van der Waals surface area contributed by atoms with E-state index in [9.17, 15) is 9.90 Å². The number of thioether (sulfide) groups is 1. The fourth-order valence-electron chi connectivity index (χ4n) is 1.90. The Morgan fingerprint density at radius 3 is 2.90 bits per heavy atom. The Morgan fingerprint density at radius 2 is 2.29 bits per heavy atom. The largest absolute Gasteiger partial charge is 0.480 e. The number of nitrogens with one attached hydrogen (secondary N) is 1. The van der Waals surface area contributed by atoms with Gasteiger partial charge in [0.25, 0.3) is 0 Å².